The lowest BCUT2D eigenvalue weighted by Crippen LogP contribution is -2.14. The number of imidazole rings is 1. The maximum atomic E-state index is 12.7. The van der Waals surface area contributed by atoms with E-state index in [1.165, 1.54) is 0 Å². The highest BCUT2D eigenvalue weighted by Gasteiger charge is 2.19. The number of aromatic amines is 2. The van der Waals surface area contributed by atoms with Crippen LogP contribution >= 0.6 is 0 Å². The molecule has 0 saturated carbocycles. The first kappa shape index (κ1) is 14.3. The number of nitrogens with one attached hydrogen (secondary N) is 2. The average Bonchev–Trinajstić information content (AvgIpc) is 3.24. The molecule has 0 saturated heterocycles. The summed E-state index contributed by atoms with van der Waals surface area (Å²) in [5.41, 5.74) is 7.21. The number of nitrogens with zero attached hydrogens (tertiary/aromatic N) is 2. The Bertz CT molecular complexity index is 1450. The van der Waals surface area contributed by atoms with E-state index in [1.807, 2.05) is 42.7 Å². The number of aromatic nitrogens is 3. The van der Waals surface area contributed by atoms with Crippen LogP contribution in [0.25, 0.3) is 38.8 Å². The molecule has 1 aliphatic rings. The summed E-state index contributed by atoms with van der Waals surface area (Å²) in [6, 6.07) is 20.1. The van der Waals surface area contributed by atoms with E-state index in [-0.39, 0.29) is 5.69 Å². The quantitative estimate of drug-likeness (QED) is 0.449. The maximum absolute atomic E-state index is 12.7. The Hall–Kier alpha value is -3.86. The predicted molar refractivity (Wildman–Crippen MR) is 108 cm³/mol. The molecule has 3 heterocycles. The van der Waals surface area contributed by atoms with Gasteiger partial charge in [-0.1, -0.05) is 30.3 Å². The maximum Gasteiger partial charge on any atom is 0.331 e. The third kappa shape index (κ3) is 1.93. The Morgan fingerprint density at radius 1 is 0.926 bits per heavy atom. The van der Waals surface area contributed by atoms with Crippen molar-refractivity contribution < 1.29 is 0 Å². The molecule has 0 bridgehead atoms. The van der Waals surface area contributed by atoms with Gasteiger partial charge in [0.25, 0.3) is 0 Å². The van der Waals surface area contributed by atoms with E-state index in [2.05, 4.69) is 40.3 Å². The number of benzene rings is 3. The number of rotatable bonds is 1. The molecule has 3 aromatic carbocycles. The monoisotopic (exact) mass is 350 g/mol. The minimum Gasteiger partial charge on any atom is -0.361 e. The smallest absolute Gasteiger partial charge is 0.331 e. The molecule has 128 valence electrons. The fourth-order valence-corrected chi connectivity index (χ4v) is 3.95. The van der Waals surface area contributed by atoms with Crippen molar-refractivity contribution in [3.8, 4) is 16.8 Å². The van der Waals surface area contributed by atoms with E-state index in [0.29, 0.717) is 0 Å². The van der Waals surface area contributed by atoms with Crippen molar-refractivity contribution in [1.82, 2.24) is 14.5 Å². The zero-order valence-corrected chi connectivity index (χ0v) is 14.2. The van der Waals surface area contributed by atoms with Crippen LogP contribution in [-0.4, -0.2) is 20.7 Å². The van der Waals surface area contributed by atoms with Crippen LogP contribution in [0, 0.1) is 0 Å². The van der Waals surface area contributed by atoms with E-state index >= 15 is 0 Å². The second kappa shape index (κ2) is 5.08. The van der Waals surface area contributed by atoms with E-state index in [4.69, 9.17) is 4.99 Å². The van der Waals surface area contributed by atoms with Gasteiger partial charge in [0.05, 0.1) is 22.4 Å². The summed E-state index contributed by atoms with van der Waals surface area (Å²) in [5.74, 6) is 0. The lowest BCUT2D eigenvalue weighted by Gasteiger charge is -2.11. The minimum absolute atomic E-state index is 0.151. The Labute approximate surface area is 153 Å². The molecule has 1 aliphatic heterocycles. The molecule has 6 rings (SSSR count). The second-order valence-corrected chi connectivity index (χ2v) is 6.72. The van der Waals surface area contributed by atoms with Crippen LogP contribution in [0.4, 0.5) is 5.69 Å². The van der Waals surface area contributed by atoms with Crippen molar-refractivity contribution in [2.45, 2.75) is 0 Å². The standard InChI is InChI=1S/C22H14N4O/c27-22-25-18-5-1-3-15-12-24-20-16(4-2-6-19(20)26(22)21(15)18)13-7-8-17-14(11-13)9-10-23-17/h1-12,23H,(H,25,27). The van der Waals surface area contributed by atoms with Gasteiger partial charge < -0.3 is 9.97 Å². The molecular weight excluding hydrogens is 336 g/mol. The molecule has 0 unspecified atom stereocenters. The van der Waals surface area contributed by atoms with Gasteiger partial charge in [-0.3, -0.25) is 9.56 Å². The van der Waals surface area contributed by atoms with E-state index in [1.54, 1.807) is 4.57 Å². The van der Waals surface area contributed by atoms with Gasteiger partial charge in [-0.2, -0.15) is 0 Å². The first-order chi connectivity index (χ1) is 13.3. The molecular formula is C22H14N4O. The fourth-order valence-electron chi connectivity index (χ4n) is 3.95. The molecule has 5 heteroatoms. The molecule has 2 N–H and O–H groups in total. The number of fused-ring (bicyclic) bond motifs is 3. The Balaban J connectivity index is 1.70. The molecule has 0 aliphatic carbocycles. The molecule has 0 spiro atoms. The van der Waals surface area contributed by atoms with Gasteiger partial charge in [0, 0.05) is 29.1 Å². The number of para-hydroxylation sites is 2. The number of hydrogen-bond acceptors (Lipinski definition) is 2. The first-order valence-electron chi connectivity index (χ1n) is 8.78. The molecule has 5 aromatic rings. The van der Waals surface area contributed by atoms with E-state index < -0.39 is 0 Å². The van der Waals surface area contributed by atoms with Gasteiger partial charge in [-0.15, -0.1) is 0 Å². The molecule has 27 heavy (non-hydrogen) atoms. The summed E-state index contributed by atoms with van der Waals surface area (Å²) < 4.78 is 1.73. The van der Waals surface area contributed by atoms with Gasteiger partial charge >= 0.3 is 5.69 Å². The van der Waals surface area contributed by atoms with Crippen molar-refractivity contribution in [2.75, 3.05) is 0 Å². The highest BCUT2D eigenvalue weighted by molar-refractivity contribution is 6.02. The average molecular weight is 350 g/mol. The molecule has 0 radical (unpaired) electrons. The summed E-state index contributed by atoms with van der Waals surface area (Å²) in [4.78, 5) is 23.7. The van der Waals surface area contributed by atoms with Crippen LogP contribution in [0.1, 0.15) is 5.56 Å². The normalized spacial score (nSPS) is 12.4. The third-order valence-corrected chi connectivity index (χ3v) is 5.19. The molecule has 0 fully saturated rings. The van der Waals surface area contributed by atoms with Crippen LogP contribution < -0.4 is 5.69 Å². The fraction of sp³-hybridized carbons (Fsp3) is 0. The Morgan fingerprint density at radius 3 is 2.81 bits per heavy atom. The summed E-state index contributed by atoms with van der Waals surface area (Å²) in [5, 5.41) is 1.15. The van der Waals surface area contributed by atoms with Gasteiger partial charge in [0.2, 0.25) is 0 Å². The summed E-state index contributed by atoms with van der Waals surface area (Å²) >= 11 is 0. The SMILES string of the molecule is O=c1[nH]c2cccc3c2n1-c1cccc(-c2ccc4[nH]ccc4c2)c1N=C3. The largest absolute Gasteiger partial charge is 0.361 e. The molecule has 5 nitrogen and oxygen atoms in total. The van der Waals surface area contributed by atoms with Gasteiger partial charge in [-0.05, 0) is 41.3 Å². The van der Waals surface area contributed by atoms with Gasteiger partial charge in [0.15, 0.2) is 0 Å². The highest BCUT2D eigenvalue weighted by Crippen LogP contribution is 2.38. The van der Waals surface area contributed by atoms with Crippen LogP contribution in [-0.2, 0) is 0 Å². The van der Waals surface area contributed by atoms with E-state index in [0.717, 1.165) is 50.0 Å². The van der Waals surface area contributed by atoms with Crippen LogP contribution in [0.5, 0.6) is 0 Å². The van der Waals surface area contributed by atoms with Crippen LogP contribution in [0.15, 0.2) is 76.6 Å². The summed E-state index contributed by atoms with van der Waals surface area (Å²) in [6.07, 6.45) is 3.78. The van der Waals surface area contributed by atoms with Crippen LogP contribution in [0.3, 0.4) is 0 Å². The van der Waals surface area contributed by atoms with Crippen molar-refractivity contribution in [3.63, 3.8) is 0 Å². The number of hydrogen-bond donors (Lipinski definition) is 2. The van der Waals surface area contributed by atoms with Crippen molar-refractivity contribution in [1.29, 1.82) is 0 Å². The number of H-pyrrole nitrogens is 2. The molecule has 0 atom stereocenters. The minimum atomic E-state index is -0.151. The topological polar surface area (TPSA) is 65.9 Å². The van der Waals surface area contributed by atoms with Crippen molar-refractivity contribution in [2.24, 2.45) is 4.99 Å². The zero-order chi connectivity index (χ0) is 18.0. The van der Waals surface area contributed by atoms with Crippen molar-refractivity contribution >= 4 is 33.8 Å². The summed E-state index contributed by atoms with van der Waals surface area (Å²) in [6.45, 7) is 0. The predicted octanol–water partition coefficient (Wildman–Crippen LogP) is 4.53. The van der Waals surface area contributed by atoms with Crippen LogP contribution in [0.2, 0.25) is 0 Å². The second-order valence-electron chi connectivity index (χ2n) is 6.72. The Morgan fingerprint density at radius 2 is 1.85 bits per heavy atom. The van der Waals surface area contributed by atoms with Crippen molar-refractivity contribution in [3.05, 3.63) is 82.9 Å². The summed E-state index contributed by atoms with van der Waals surface area (Å²) in [7, 11) is 0. The van der Waals surface area contributed by atoms with Gasteiger partial charge in [-0.25, -0.2) is 4.79 Å². The molecule has 0 amide bonds. The third-order valence-electron chi connectivity index (χ3n) is 5.19. The lowest BCUT2D eigenvalue weighted by atomic mass is 10.0. The number of aliphatic imine (C=N–C) groups is 1. The molecule has 2 aromatic heterocycles. The Kier molecular flexibility index (Phi) is 2.69. The van der Waals surface area contributed by atoms with E-state index in [9.17, 15) is 4.79 Å². The zero-order valence-electron chi connectivity index (χ0n) is 14.2. The van der Waals surface area contributed by atoms with Gasteiger partial charge in [0.1, 0.15) is 0 Å². The lowest BCUT2D eigenvalue weighted by molar-refractivity contribution is 1.02. The first-order valence-corrected chi connectivity index (χ1v) is 8.78. The highest BCUT2D eigenvalue weighted by atomic mass is 16.1.